The van der Waals surface area contributed by atoms with Gasteiger partial charge in [-0.05, 0) is 73.6 Å². The molecule has 31 heavy (non-hydrogen) atoms. The van der Waals surface area contributed by atoms with Crippen LogP contribution in [0.2, 0.25) is 0 Å². The van der Waals surface area contributed by atoms with Crippen molar-refractivity contribution in [3.63, 3.8) is 0 Å². The number of aromatic nitrogens is 2. The first-order valence-electron chi connectivity index (χ1n) is 10.7. The van der Waals surface area contributed by atoms with Crippen molar-refractivity contribution in [2.45, 2.75) is 31.0 Å². The second kappa shape index (κ2) is 8.69. The monoisotopic (exact) mass is 434 g/mol. The van der Waals surface area contributed by atoms with Crippen molar-refractivity contribution in [3.8, 4) is 11.4 Å². The first kappa shape index (κ1) is 20.0. The zero-order valence-electron chi connectivity index (χ0n) is 17.5. The average molecular weight is 435 g/mol. The van der Waals surface area contributed by atoms with Gasteiger partial charge in [0.25, 0.3) is 0 Å². The van der Waals surface area contributed by atoms with Gasteiger partial charge in [-0.25, -0.2) is 0 Å². The molecule has 6 nitrogen and oxygen atoms in total. The molecule has 0 amide bonds. The summed E-state index contributed by atoms with van der Waals surface area (Å²) in [4.78, 5) is 6.92. The molecular formula is C24H26N4O2S. The molecule has 5 rings (SSSR count). The van der Waals surface area contributed by atoms with Crippen LogP contribution in [-0.2, 0) is 4.74 Å². The van der Waals surface area contributed by atoms with E-state index in [2.05, 4.69) is 56.3 Å². The van der Waals surface area contributed by atoms with Crippen molar-refractivity contribution in [3.05, 3.63) is 78.4 Å². The van der Waals surface area contributed by atoms with Gasteiger partial charge in [-0.15, -0.1) is 0 Å². The predicted molar refractivity (Wildman–Crippen MR) is 123 cm³/mol. The second-order valence-electron chi connectivity index (χ2n) is 7.92. The Kier molecular flexibility index (Phi) is 5.61. The van der Waals surface area contributed by atoms with E-state index in [1.165, 1.54) is 0 Å². The van der Waals surface area contributed by atoms with Crippen molar-refractivity contribution in [2.24, 2.45) is 0 Å². The first-order valence-corrected chi connectivity index (χ1v) is 11.1. The summed E-state index contributed by atoms with van der Waals surface area (Å²) >= 11 is 5.80. The van der Waals surface area contributed by atoms with Gasteiger partial charge in [0, 0.05) is 36.9 Å². The molecule has 2 fully saturated rings. The van der Waals surface area contributed by atoms with Gasteiger partial charge in [-0.3, -0.25) is 4.98 Å². The molecule has 0 aliphatic carbocycles. The van der Waals surface area contributed by atoms with Crippen LogP contribution in [-0.4, -0.2) is 45.9 Å². The maximum Gasteiger partial charge on any atom is 0.170 e. The van der Waals surface area contributed by atoms with Gasteiger partial charge in [0.15, 0.2) is 5.11 Å². The van der Waals surface area contributed by atoms with Gasteiger partial charge >= 0.3 is 0 Å². The molecule has 0 unspecified atom stereocenters. The number of pyridine rings is 1. The van der Waals surface area contributed by atoms with E-state index in [-0.39, 0.29) is 18.2 Å². The number of thiocarbonyl (C=S) groups is 1. The molecule has 2 aliphatic rings. The molecule has 7 heteroatoms. The summed E-state index contributed by atoms with van der Waals surface area (Å²) < 4.78 is 13.5. The molecule has 1 N–H and O–H groups in total. The minimum atomic E-state index is -0.0398. The molecule has 2 aliphatic heterocycles. The Hall–Kier alpha value is -2.90. The number of nitrogens with one attached hydrogen (secondary N) is 1. The van der Waals surface area contributed by atoms with E-state index < -0.39 is 0 Å². The van der Waals surface area contributed by atoms with E-state index in [1.807, 2.05) is 30.5 Å². The molecule has 0 spiro atoms. The minimum absolute atomic E-state index is 0.00343. The normalized spacial score (nSPS) is 23.2. The fraction of sp³-hybridized carbons (Fsp3) is 0.333. The lowest BCUT2D eigenvalue weighted by Gasteiger charge is -2.30. The molecule has 3 atom stereocenters. The summed E-state index contributed by atoms with van der Waals surface area (Å²) in [5, 5.41) is 4.28. The lowest BCUT2D eigenvalue weighted by Crippen LogP contribution is -2.36. The Morgan fingerprint density at radius 1 is 1.16 bits per heavy atom. The zero-order valence-corrected chi connectivity index (χ0v) is 18.3. The number of rotatable bonds is 6. The van der Waals surface area contributed by atoms with Crippen LogP contribution in [0.15, 0.2) is 67.0 Å². The lowest BCUT2D eigenvalue weighted by atomic mass is 10.0. The number of hydrogen-bond acceptors (Lipinski definition) is 4. The van der Waals surface area contributed by atoms with E-state index in [9.17, 15) is 0 Å². The Morgan fingerprint density at radius 2 is 2.03 bits per heavy atom. The highest BCUT2D eigenvalue weighted by atomic mass is 32.1. The fourth-order valence-electron chi connectivity index (χ4n) is 4.54. The van der Waals surface area contributed by atoms with Gasteiger partial charge in [0.2, 0.25) is 0 Å². The Bertz CT molecular complexity index is 1030. The minimum Gasteiger partial charge on any atom is -0.497 e. The summed E-state index contributed by atoms with van der Waals surface area (Å²) in [6.45, 7) is 1.60. The van der Waals surface area contributed by atoms with Crippen molar-refractivity contribution in [1.82, 2.24) is 19.8 Å². The largest absolute Gasteiger partial charge is 0.497 e. The van der Waals surface area contributed by atoms with E-state index in [0.29, 0.717) is 0 Å². The molecule has 4 heterocycles. The highest BCUT2D eigenvalue weighted by molar-refractivity contribution is 7.80. The van der Waals surface area contributed by atoms with Crippen molar-refractivity contribution in [1.29, 1.82) is 0 Å². The molecule has 0 bridgehead atoms. The summed E-state index contributed by atoms with van der Waals surface area (Å²) in [6, 6.07) is 18.4. The number of hydrogen-bond donors (Lipinski definition) is 1. The van der Waals surface area contributed by atoms with Crippen molar-refractivity contribution >= 4 is 17.3 Å². The molecule has 2 saturated heterocycles. The quantitative estimate of drug-likeness (QED) is 0.591. The molecule has 160 valence electrons. The smallest absolute Gasteiger partial charge is 0.170 e. The van der Waals surface area contributed by atoms with Crippen LogP contribution in [0.25, 0.3) is 5.69 Å². The van der Waals surface area contributed by atoms with Crippen molar-refractivity contribution < 1.29 is 9.47 Å². The Balaban J connectivity index is 1.55. The molecular weight excluding hydrogens is 408 g/mol. The molecule has 1 aromatic carbocycles. The van der Waals surface area contributed by atoms with E-state index in [4.69, 9.17) is 21.7 Å². The molecule has 0 radical (unpaired) electrons. The molecule has 2 aromatic heterocycles. The van der Waals surface area contributed by atoms with Gasteiger partial charge in [0.05, 0.1) is 31.0 Å². The number of benzene rings is 1. The Morgan fingerprint density at radius 3 is 2.74 bits per heavy atom. The molecule has 3 aromatic rings. The van der Waals surface area contributed by atoms with E-state index in [1.54, 1.807) is 7.11 Å². The second-order valence-corrected chi connectivity index (χ2v) is 8.30. The van der Waals surface area contributed by atoms with Gasteiger partial charge in [-0.2, -0.15) is 0 Å². The van der Waals surface area contributed by atoms with Crippen LogP contribution in [0.1, 0.15) is 36.3 Å². The van der Waals surface area contributed by atoms with Gasteiger partial charge in [-0.1, -0.05) is 6.07 Å². The van der Waals surface area contributed by atoms with Crippen LogP contribution >= 0.6 is 12.2 Å². The third-order valence-corrected chi connectivity index (χ3v) is 6.41. The van der Waals surface area contributed by atoms with Gasteiger partial charge < -0.3 is 24.3 Å². The van der Waals surface area contributed by atoms with Crippen LogP contribution in [0.3, 0.4) is 0 Å². The summed E-state index contributed by atoms with van der Waals surface area (Å²) in [7, 11) is 1.68. The SMILES string of the molecule is COc1ccc(-n2cccc2[C@@H]2[C@@H](c3ccccn3)NC(=S)N2C[C@@H]2CCCO2)cc1. The highest BCUT2D eigenvalue weighted by Crippen LogP contribution is 2.40. The predicted octanol–water partition coefficient (Wildman–Crippen LogP) is 4.03. The molecule has 0 saturated carbocycles. The first-order chi connectivity index (χ1) is 15.2. The van der Waals surface area contributed by atoms with Crippen LogP contribution < -0.4 is 10.1 Å². The van der Waals surface area contributed by atoms with Crippen molar-refractivity contribution in [2.75, 3.05) is 20.3 Å². The number of ether oxygens (including phenoxy) is 2. The number of nitrogens with zero attached hydrogens (tertiary/aromatic N) is 3. The topological polar surface area (TPSA) is 51.5 Å². The van der Waals surface area contributed by atoms with Crippen LogP contribution in [0, 0.1) is 0 Å². The summed E-state index contributed by atoms with van der Waals surface area (Å²) in [5.74, 6) is 0.840. The summed E-state index contributed by atoms with van der Waals surface area (Å²) in [6.07, 6.45) is 6.31. The standard InChI is InChI=1S/C24H26N4O2S/c1-29-18-11-9-17(10-12-18)27-14-4-8-21(27)23-22(20-7-2-3-13-25-20)26-24(31)28(23)16-19-6-5-15-30-19/h2-4,7-14,19,22-23H,5-6,15-16H2,1H3,(H,26,31)/t19-,22+,23+/m0/s1. The summed E-state index contributed by atoms with van der Waals surface area (Å²) in [5.41, 5.74) is 3.22. The van der Waals surface area contributed by atoms with Crippen LogP contribution in [0.4, 0.5) is 0 Å². The maximum absolute atomic E-state index is 5.94. The number of methoxy groups -OCH3 is 1. The van der Waals surface area contributed by atoms with Gasteiger partial charge in [0.1, 0.15) is 5.75 Å². The highest BCUT2D eigenvalue weighted by Gasteiger charge is 2.42. The van der Waals surface area contributed by atoms with E-state index >= 15 is 0 Å². The third kappa shape index (κ3) is 3.91. The fourth-order valence-corrected chi connectivity index (χ4v) is 4.86. The lowest BCUT2D eigenvalue weighted by molar-refractivity contribution is 0.0836. The van der Waals surface area contributed by atoms with E-state index in [0.717, 1.165) is 53.9 Å². The Labute approximate surface area is 187 Å². The average Bonchev–Trinajstić information content (AvgIpc) is 3.56. The maximum atomic E-state index is 5.94. The third-order valence-electron chi connectivity index (χ3n) is 6.06. The van der Waals surface area contributed by atoms with Crippen LogP contribution in [0.5, 0.6) is 5.75 Å². The zero-order chi connectivity index (χ0) is 21.2.